The van der Waals surface area contributed by atoms with E-state index in [0.29, 0.717) is 11.3 Å². The highest BCUT2D eigenvalue weighted by molar-refractivity contribution is 4.93. The summed E-state index contributed by atoms with van der Waals surface area (Å²) in [6.07, 6.45) is 5.98. The van der Waals surface area contributed by atoms with Gasteiger partial charge in [-0.05, 0) is 41.9 Å². The molecule has 108 valence electrons. The van der Waals surface area contributed by atoms with Crippen LogP contribution in [0.4, 0.5) is 4.39 Å². The lowest BCUT2D eigenvalue weighted by molar-refractivity contribution is -0.00241. The first kappa shape index (κ1) is 16.0. The topological polar surface area (TPSA) is 0 Å². The van der Waals surface area contributed by atoms with Crippen molar-refractivity contribution in [3.05, 3.63) is 0 Å². The average Bonchev–Trinajstić information content (AvgIpc) is 2.37. The highest BCUT2D eigenvalue weighted by atomic mass is 19.1. The Morgan fingerprint density at radius 2 is 1.50 bits per heavy atom. The Bertz CT molecular complexity index is 252. The minimum Gasteiger partial charge on any atom is -0.247 e. The van der Waals surface area contributed by atoms with Gasteiger partial charge >= 0.3 is 0 Å². The fourth-order valence-electron chi connectivity index (χ4n) is 3.72. The third-order valence-corrected chi connectivity index (χ3v) is 6.29. The van der Waals surface area contributed by atoms with Gasteiger partial charge in [0.15, 0.2) is 0 Å². The van der Waals surface area contributed by atoms with E-state index in [1.165, 1.54) is 19.3 Å². The van der Waals surface area contributed by atoms with Crippen LogP contribution >= 0.6 is 0 Å². The molecular weight excluding hydrogens is 223 g/mol. The molecule has 1 heteroatoms. The van der Waals surface area contributed by atoms with Gasteiger partial charge in [0.1, 0.15) is 6.17 Å². The van der Waals surface area contributed by atoms with Crippen LogP contribution in [0, 0.1) is 22.7 Å². The average molecular weight is 256 g/mol. The Kier molecular flexibility index (Phi) is 5.26. The molecule has 18 heavy (non-hydrogen) atoms. The molecule has 0 heterocycles. The maximum absolute atomic E-state index is 14.6. The van der Waals surface area contributed by atoms with Crippen molar-refractivity contribution in [3.8, 4) is 0 Å². The lowest BCUT2D eigenvalue weighted by Crippen LogP contribution is -2.40. The molecule has 0 aromatic carbocycles. The van der Waals surface area contributed by atoms with E-state index in [1.807, 2.05) is 0 Å². The smallest absolute Gasteiger partial charge is 0.104 e. The van der Waals surface area contributed by atoms with Crippen LogP contribution in [-0.4, -0.2) is 6.17 Å². The van der Waals surface area contributed by atoms with E-state index >= 15 is 0 Å². The van der Waals surface area contributed by atoms with Gasteiger partial charge < -0.3 is 0 Å². The minimum atomic E-state index is -0.587. The predicted molar refractivity (Wildman–Crippen MR) is 78.5 cm³/mol. The van der Waals surface area contributed by atoms with Gasteiger partial charge in [-0.15, -0.1) is 0 Å². The summed E-state index contributed by atoms with van der Waals surface area (Å²) in [5.74, 6) is 0.864. The van der Waals surface area contributed by atoms with Crippen LogP contribution in [0.3, 0.4) is 0 Å². The van der Waals surface area contributed by atoms with Gasteiger partial charge in [0.25, 0.3) is 0 Å². The van der Waals surface area contributed by atoms with E-state index in [0.717, 1.165) is 19.3 Å². The van der Waals surface area contributed by atoms with Gasteiger partial charge in [0.2, 0.25) is 0 Å². The third kappa shape index (κ3) is 3.08. The van der Waals surface area contributed by atoms with Crippen LogP contribution in [0.25, 0.3) is 0 Å². The quantitative estimate of drug-likeness (QED) is 0.565. The Hall–Kier alpha value is -0.0700. The first-order valence-corrected chi connectivity index (χ1v) is 7.94. The zero-order valence-corrected chi connectivity index (χ0v) is 13.4. The molecule has 0 spiro atoms. The Balaban J connectivity index is 2.72. The summed E-state index contributed by atoms with van der Waals surface area (Å²) in [5.41, 5.74) is 0.519. The number of hydrogen-bond acceptors (Lipinski definition) is 0. The maximum Gasteiger partial charge on any atom is 0.104 e. The van der Waals surface area contributed by atoms with Gasteiger partial charge in [-0.3, -0.25) is 0 Å². The van der Waals surface area contributed by atoms with Crippen molar-refractivity contribution in [1.29, 1.82) is 0 Å². The van der Waals surface area contributed by atoms with Crippen molar-refractivity contribution < 1.29 is 4.39 Å². The molecule has 0 aromatic rings. The molecule has 1 aliphatic carbocycles. The van der Waals surface area contributed by atoms with Crippen LogP contribution in [0.5, 0.6) is 0 Å². The molecule has 1 fully saturated rings. The Morgan fingerprint density at radius 3 is 1.89 bits per heavy atom. The summed E-state index contributed by atoms with van der Waals surface area (Å²) in [6.45, 7) is 13.6. The Labute approximate surface area is 114 Å². The normalized spacial score (nSPS) is 30.5. The first-order valence-electron chi connectivity index (χ1n) is 7.94. The van der Waals surface area contributed by atoms with Crippen LogP contribution < -0.4 is 0 Å². The second-order valence-electron chi connectivity index (χ2n) is 7.34. The van der Waals surface area contributed by atoms with Crippen LogP contribution in [0.15, 0.2) is 0 Å². The summed E-state index contributed by atoms with van der Waals surface area (Å²) in [6, 6.07) is 0. The molecule has 0 amide bonds. The predicted octanol–water partition coefficient (Wildman–Crippen LogP) is 6.00. The first-order chi connectivity index (χ1) is 8.30. The van der Waals surface area contributed by atoms with Gasteiger partial charge in [-0.1, -0.05) is 60.8 Å². The third-order valence-electron chi connectivity index (χ3n) is 6.29. The van der Waals surface area contributed by atoms with Crippen molar-refractivity contribution in [1.82, 2.24) is 0 Å². The number of alkyl halides is 1. The zero-order valence-electron chi connectivity index (χ0n) is 13.4. The van der Waals surface area contributed by atoms with E-state index in [9.17, 15) is 4.39 Å². The maximum atomic E-state index is 14.6. The van der Waals surface area contributed by atoms with E-state index in [2.05, 4.69) is 41.5 Å². The minimum absolute atomic E-state index is 0.166. The van der Waals surface area contributed by atoms with E-state index < -0.39 is 6.17 Å². The van der Waals surface area contributed by atoms with Crippen LogP contribution in [-0.2, 0) is 0 Å². The second kappa shape index (κ2) is 5.92. The Morgan fingerprint density at radius 1 is 0.944 bits per heavy atom. The van der Waals surface area contributed by atoms with Crippen LogP contribution in [0.1, 0.15) is 80.1 Å². The molecule has 1 rings (SSSR count). The van der Waals surface area contributed by atoms with Gasteiger partial charge in [0, 0.05) is 0 Å². The fraction of sp³-hybridized carbons (Fsp3) is 1.00. The van der Waals surface area contributed by atoms with Gasteiger partial charge in [0.05, 0.1) is 0 Å². The highest BCUT2D eigenvalue weighted by Gasteiger charge is 2.43. The summed E-state index contributed by atoms with van der Waals surface area (Å²) < 4.78 is 14.6. The molecule has 0 radical (unpaired) electrons. The SMILES string of the molecule is CCC(C)(C)C1CCC(C(C)(CC)CC)CC1F. The number of halogens is 1. The van der Waals surface area contributed by atoms with Crippen LogP contribution in [0.2, 0.25) is 0 Å². The molecule has 0 bridgehead atoms. The lowest BCUT2D eigenvalue weighted by atomic mass is 9.60. The number of hydrogen-bond donors (Lipinski definition) is 0. The molecule has 0 aromatic heterocycles. The van der Waals surface area contributed by atoms with Crippen molar-refractivity contribution in [2.45, 2.75) is 86.2 Å². The molecule has 0 N–H and O–H groups in total. The molecule has 0 nitrogen and oxygen atoms in total. The molecule has 3 unspecified atom stereocenters. The molecule has 3 atom stereocenters. The monoisotopic (exact) mass is 256 g/mol. The van der Waals surface area contributed by atoms with Crippen molar-refractivity contribution >= 4 is 0 Å². The molecular formula is C17H33F. The van der Waals surface area contributed by atoms with Crippen molar-refractivity contribution in [3.63, 3.8) is 0 Å². The van der Waals surface area contributed by atoms with E-state index in [4.69, 9.17) is 0 Å². The number of rotatable bonds is 5. The molecule has 0 aliphatic heterocycles. The molecule has 1 aliphatic rings. The molecule has 1 saturated carbocycles. The van der Waals surface area contributed by atoms with Crippen molar-refractivity contribution in [2.24, 2.45) is 22.7 Å². The zero-order chi connectivity index (χ0) is 14.0. The largest absolute Gasteiger partial charge is 0.247 e. The molecule has 0 saturated heterocycles. The van der Waals surface area contributed by atoms with Gasteiger partial charge in [-0.25, -0.2) is 4.39 Å². The highest BCUT2D eigenvalue weighted by Crippen LogP contribution is 2.49. The van der Waals surface area contributed by atoms with E-state index in [1.54, 1.807) is 0 Å². The standard InChI is InChI=1S/C17H33F/c1-7-16(4,5)14-11-10-13(12-15(14)18)17(6,8-2)9-3/h13-15H,7-12H2,1-6H3. The van der Waals surface area contributed by atoms with Crippen molar-refractivity contribution in [2.75, 3.05) is 0 Å². The summed E-state index contributed by atoms with van der Waals surface area (Å²) >= 11 is 0. The fourth-order valence-corrected chi connectivity index (χ4v) is 3.72. The second-order valence-corrected chi connectivity index (χ2v) is 7.34. The summed E-state index contributed by atoms with van der Waals surface area (Å²) in [7, 11) is 0. The summed E-state index contributed by atoms with van der Waals surface area (Å²) in [4.78, 5) is 0. The lowest BCUT2D eigenvalue weighted by Gasteiger charge is -2.46. The van der Waals surface area contributed by atoms with E-state index in [-0.39, 0.29) is 11.3 Å². The van der Waals surface area contributed by atoms with Gasteiger partial charge in [-0.2, -0.15) is 0 Å². The summed E-state index contributed by atoms with van der Waals surface area (Å²) in [5, 5.41) is 0.